The van der Waals surface area contributed by atoms with Crippen LogP contribution in [0.4, 0.5) is 18.9 Å². The van der Waals surface area contributed by atoms with Crippen LogP contribution in [-0.4, -0.2) is 4.98 Å². The third-order valence-corrected chi connectivity index (χ3v) is 2.44. The van der Waals surface area contributed by atoms with Gasteiger partial charge in [0.15, 0.2) is 0 Å². The summed E-state index contributed by atoms with van der Waals surface area (Å²) in [5.41, 5.74) is 5.83. The molecule has 19 heavy (non-hydrogen) atoms. The Morgan fingerprint density at radius 1 is 1.16 bits per heavy atom. The molecule has 0 fully saturated rings. The Morgan fingerprint density at radius 2 is 1.89 bits per heavy atom. The largest absolute Gasteiger partial charge is 0.439 e. The van der Waals surface area contributed by atoms with Crippen LogP contribution in [0.5, 0.6) is 11.6 Å². The minimum Gasteiger partial charge on any atom is -0.439 e. The lowest BCUT2D eigenvalue weighted by molar-refractivity contribution is -0.141. The first kappa shape index (κ1) is 13.2. The van der Waals surface area contributed by atoms with Gasteiger partial charge in [-0.15, -0.1) is 0 Å². The van der Waals surface area contributed by atoms with Gasteiger partial charge < -0.3 is 10.5 Å². The zero-order chi connectivity index (χ0) is 14.0. The molecule has 0 bridgehead atoms. The summed E-state index contributed by atoms with van der Waals surface area (Å²) in [5.74, 6) is 0.260. The summed E-state index contributed by atoms with van der Waals surface area (Å²) in [6.07, 6.45) is -4.50. The fourth-order valence-electron chi connectivity index (χ4n) is 1.47. The minimum atomic E-state index is -4.50. The molecule has 0 saturated heterocycles. The number of anilines is 1. The summed E-state index contributed by atoms with van der Waals surface area (Å²) in [4.78, 5) is 3.42. The van der Waals surface area contributed by atoms with Crippen LogP contribution in [-0.2, 0) is 6.18 Å². The van der Waals surface area contributed by atoms with E-state index in [0.717, 1.165) is 11.6 Å². The lowest BCUT2D eigenvalue weighted by Crippen LogP contribution is -2.08. The van der Waals surface area contributed by atoms with Crippen molar-refractivity contribution in [3.8, 4) is 11.6 Å². The molecule has 2 N–H and O–H groups in total. The molecule has 3 nitrogen and oxygen atoms in total. The fraction of sp³-hybridized carbons (Fsp3) is 0.154. The average molecular weight is 268 g/mol. The van der Waals surface area contributed by atoms with Crippen LogP contribution in [0.3, 0.4) is 0 Å². The standard InChI is InChI=1S/C13H11F3N2O/c1-8-5-6-9(17)7-10(8)19-12-4-2-3-11(18-12)13(14,15)16/h2-7H,17H2,1H3. The molecule has 1 aromatic heterocycles. The molecule has 2 aromatic rings. The topological polar surface area (TPSA) is 48.1 Å². The van der Waals surface area contributed by atoms with Gasteiger partial charge in [0.1, 0.15) is 11.4 Å². The van der Waals surface area contributed by atoms with Crippen molar-refractivity contribution >= 4 is 5.69 Å². The Bertz CT molecular complexity index is 597. The smallest absolute Gasteiger partial charge is 0.433 e. The summed E-state index contributed by atoms with van der Waals surface area (Å²) in [6, 6.07) is 8.43. The monoisotopic (exact) mass is 268 g/mol. The predicted molar refractivity (Wildman–Crippen MR) is 64.9 cm³/mol. The van der Waals surface area contributed by atoms with Crippen molar-refractivity contribution < 1.29 is 17.9 Å². The summed E-state index contributed by atoms with van der Waals surface area (Å²) in [6.45, 7) is 1.77. The number of nitrogen functional groups attached to an aromatic ring is 1. The second-order valence-corrected chi connectivity index (χ2v) is 3.99. The SMILES string of the molecule is Cc1ccc(N)cc1Oc1cccc(C(F)(F)F)n1. The van der Waals surface area contributed by atoms with Gasteiger partial charge in [-0.05, 0) is 24.6 Å². The molecular formula is C13H11F3N2O. The lowest BCUT2D eigenvalue weighted by atomic mass is 10.2. The highest BCUT2D eigenvalue weighted by atomic mass is 19.4. The van der Waals surface area contributed by atoms with E-state index in [2.05, 4.69) is 4.98 Å². The van der Waals surface area contributed by atoms with Crippen molar-refractivity contribution in [2.24, 2.45) is 0 Å². The maximum atomic E-state index is 12.5. The van der Waals surface area contributed by atoms with Gasteiger partial charge in [-0.2, -0.15) is 13.2 Å². The highest BCUT2D eigenvalue weighted by molar-refractivity contribution is 5.49. The molecule has 0 aliphatic heterocycles. The molecule has 0 amide bonds. The summed E-state index contributed by atoms with van der Waals surface area (Å²) in [7, 11) is 0. The van der Waals surface area contributed by atoms with E-state index in [9.17, 15) is 13.2 Å². The average Bonchev–Trinajstić information content (AvgIpc) is 2.33. The van der Waals surface area contributed by atoms with Crippen LogP contribution in [0.25, 0.3) is 0 Å². The first-order valence-electron chi connectivity index (χ1n) is 5.44. The highest BCUT2D eigenvalue weighted by Crippen LogP contribution is 2.31. The van der Waals surface area contributed by atoms with E-state index < -0.39 is 11.9 Å². The van der Waals surface area contributed by atoms with Gasteiger partial charge in [-0.3, -0.25) is 0 Å². The molecule has 0 saturated carbocycles. The van der Waals surface area contributed by atoms with E-state index in [1.807, 2.05) is 0 Å². The van der Waals surface area contributed by atoms with E-state index in [-0.39, 0.29) is 5.88 Å². The van der Waals surface area contributed by atoms with Crippen LogP contribution in [0, 0.1) is 6.92 Å². The number of hydrogen-bond donors (Lipinski definition) is 1. The van der Waals surface area contributed by atoms with Crippen LogP contribution in [0.15, 0.2) is 36.4 Å². The van der Waals surface area contributed by atoms with Gasteiger partial charge in [-0.25, -0.2) is 4.98 Å². The van der Waals surface area contributed by atoms with Crippen molar-refractivity contribution in [2.45, 2.75) is 13.1 Å². The number of ether oxygens (including phenoxy) is 1. The highest BCUT2D eigenvalue weighted by Gasteiger charge is 2.32. The Balaban J connectivity index is 2.31. The fourth-order valence-corrected chi connectivity index (χ4v) is 1.47. The maximum absolute atomic E-state index is 12.5. The van der Waals surface area contributed by atoms with E-state index in [1.165, 1.54) is 18.2 Å². The van der Waals surface area contributed by atoms with E-state index in [1.54, 1.807) is 19.1 Å². The molecule has 0 atom stereocenters. The van der Waals surface area contributed by atoms with Crippen LogP contribution in [0.1, 0.15) is 11.3 Å². The molecule has 1 heterocycles. The minimum absolute atomic E-state index is 0.122. The first-order chi connectivity index (χ1) is 8.86. The number of nitrogens with two attached hydrogens (primary N) is 1. The van der Waals surface area contributed by atoms with Gasteiger partial charge in [0.25, 0.3) is 0 Å². The molecule has 0 aliphatic carbocycles. The number of nitrogens with zero attached hydrogens (tertiary/aromatic N) is 1. The summed E-state index contributed by atoms with van der Waals surface area (Å²) >= 11 is 0. The zero-order valence-electron chi connectivity index (χ0n) is 10.0. The van der Waals surface area contributed by atoms with Gasteiger partial charge in [0.2, 0.25) is 5.88 Å². The number of pyridine rings is 1. The number of aromatic nitrogens is 1. The second-order valence-electron chi connectivity index (χ2n) is 3.99. The Morgan fingerprint density at radius 3 is 2.58 bits per heavy atom. The van der Waals surface area contributed by atoms with Gasteiger partial charge in [-0.1, -0.05) is 12.1 Å². The Kier molecular flexibility index (Phi) is 3.33. The molecule has 100 valence electrons. The zero-order valence-corrected chi connectivity index (χ0v) is 10.0. The third kappa shape index (κ3) is 3.15. The van der Waals surface area contributed by atoms with E-state index in [4.69, 9.17) is 10.5 Å². The number of alkyl halides is 3. The number of benzene rings is 1. The normalized spacial score (nSPS) is 11.4. The molecule has 6 heteroatoms. The van der Waals surface area contributed by atoms with Crippen LogP contribution < -0.4 is 10.5 Å². The Labute approximate surface area is 107 Å². The van der Waals surface area contributed by atoms with Gasteiger partial charge in [0, 0.05) is 17.8 Å². The third-order valence-electron chi connectivity index (χ3n) is 2.44. The Hall–Kier alpha value is -2.24. The number of aryl methyl sites for hydroxylation is 1. The summed E-state index contributed by atoms with van der Waals surface area (Å²) in [5, 5.41) is 0. The van der Waals surface area contributed by atoms with Gasteiger partial charge >= 0.3 is 6.18 Å². The van der Waals surface area contributed by atoms with E-state index >= 15 is 0 Å². The van der Waals surface area contributed by atoms with Crippen LogP contribution >= 0.6 is 0 Å². The summed E-state index contributed by atoms with van der Waals surface area (Å²) < 4.78 is 42.9. The van der Waals surface area contributed by atoms with Crippen molar-refractivity contribution in [3.05, 3.63) is 47.7 Å². The lowest BCUT2D eigenvalue weighted by Gasteiger charge is -2.10. The van der Waals surface area contributed by atoms with Crippen molar-refractivity contribution in [1.82, 2.24) is 4.98 Å². The second kappa shape index (κ2) is 4.79. The van der Waals surface area contributed by atoms with Crippen LogP contribution in [0.2, 0.25) is 0 Å². The van der Waals surface area contributed by atoms with E-state index in [0.29, 0.717) is 11.4 Å². The molecule has 2 rings (SSSR count). The number of halogens is 3. The number of hydrogen-bond acceptors (Lipinski definition) is 3. The molecule has 0 spiro atoms. The molecule has 0 radical (unpaired) electrons. The van der Waals surface area contributed by atoms with Crippen molar-refractivity contribution in [2.75, 3.05) is 5.73 Å². The number of rotatable bonds is 2. The molecule has 0 unspecified atom stereocenters. The molecule has 0 aliphatic rings. The maximum Gasteiger partial charge on any atom is 0.433 e. The first-order valence-corrected chi connectivity index (χ1v) is 5.44. The van der Waals surface area contributed by atoms with Crippen molar-refractivity contribution in [1.29, 1.82) is 0 Å². The predicted octanol–water partition coefficient (Wildman–Crippen LogP) is 3.78. The molecule has 1 aromatic carbocycles. The molecular weight excluding hydrogens is 257 g/mol. The van der Waals surface area contributed by atoms with Gasteiger partial charge in [0.05, 0.1) is 0 Å². The van der Waals surface area contributed by atoms with Crippen molar-refractivity contribution in [3.63, 3.8) is 0 Å². The quantitative estimate of drug-likeness (QED) is 0.843.